The molecule has 104 valence electrons. The summed E-state index contributed by atoms with van der Waals surface area (Å²) in [6.45, 7) is 3.97. The number of para-hydroxylation sites is 1. The van der Waals surface area contributed by atoms with Crippen molar-refractivity contribution in [2.75, 3.05) is 10.6 Å². The molecule has 3 heteroatoms. The van der Waals surface area contributed by atoms with E-state index in [0.717, 1.165) is 17.8 Å². The second kappa shape index (κ2) is 6.75. The molecule has 0 unspecified atom stereocenters. The summed E-state index contributed by atoms with van der Waals surface area (Å²) in [5.74, 6) is -0.0434. The van der Waals surface area contributed by atoms with Crippen molar-refractivity contribution in [3.63, 3.8) is 0 Å². The molecule has 0 aliphatic rings. The van der Waals surface area contributed by atoms with Gasteiger partial charge in [-0.15, -0.1) is 0 Å². The third-order valence-corrected chi connectivity index (χ3v) is 3.15. The van der Waals surface area contributed by atoms with Gasteiger partial charge in [-0.1, -0.05) is 37.3 Å². The van der Waals surface area contributed by atoms with Gasteiger partial charge < -0.3 is 10.6 Å². The van der Waals surface area contributed by atoms with Crippen LogP contribution in [0.25, 0.3) is 0 Å². The number of rotatable bonds is 5. The molecule has 2 N–H and O–H groups in total. The molecule has 0 aliphatic carbocycles. The summed E-state index contributed by atoms with van der Waals surface area (Å²) in [5.41, 5.74) is 3.04. The third kappa shape index (κ3) is 3.85. The highest BCUT2D eigenvalue weighted by Gasteiger charge is 2.12. The first-order chi connectivity index (χ1) is 9.69. The maximum Gasteiger partial charge on any atom is 0.246 e. The Morgan fingerprint density at radius 1 is 1.05 bits per heavy atom. The van der Waals surface area contributed by atoms with Crippen LogP contribution in [0.4, 0.5) is 11.4 Å². The number of anilines is 2. The minimum absolute atomic E-state index is 0.0434. The Morgan fingerprint density at radius 3 is 2.45 bits per heavy atom. The molecule has 1 atom stereocenters. The van der Waals surface area contributed by atoms with Crippen molar-refractivity contribution in [1.29, 1.82) is 0 Å². The molecule has 0 saturated heterocycles. The predicted molar refractivity (Wildman–Crippen MR) is 84.0 cm³/mol. The molecule has 0 fully saturated rings. The highest BCUT2D eigenvalue weighted by Crippen LogP contribution is 2.13. The van der Waals surface area contributed by atoms with E-state index in [1.165, 1.54) is 5.56 Å². The van der Waals surface area contributed by atoms with E-state index in [0.29, 0.717) is 0 Å². The van der Waals surface area contributed by atoms with Crippen molar-refractivity contribution >= 4 is 17.3 Å². The molecule has 20 heavy (non-hydrogen) atoms. The molecule has 2 rings (SSSR count). The lowest BCUT2D eigenvalue weighted by Gasteiger charge is -2.15. The number of carbonyl (C=O) groups excluding carboxylic acids is 1. The van der Waals surface area contributed by atoms with Gasteiger partial charge in [0.05, 0.1) is 0 Å². The van der Waals surface area contributed by atoms with Gasteiger partial charge in [0, 0.05) is 11.4 Å². The van der Waals surface area contributed by atoms with Crippen LogP contribution in [0.2, 0.25) is 0 Å². The molecule has 2 aromatic carbocycles. The van der Waals surface area contributed by atoms with Crippen molar-refractivity contribution in [3.8, 4) is 0 Å². The van der Waals surface area contributed by atoms with Crippen LogP contribution in [0, 0.1) is 0 Å². The second-order valence-corrected chi connectivity index (χ2v) is 4.78. The molecule has 0 aromatic heterocycles. The Morgan fingerprint density at radius 2 is 1.75 bits per heavy atom. The van der Waals surface area contributed by atoms with Crippen LogP contribution in [-0.2, 0) is 11.2 Å². The van der Waals surface area contributed by atoms with Crippen LogP contribution >= 0.6 is 0 Å². The van der Waals surface area contributed by atoms with E-state index in [2.05, 4.69) is 29.7 Å². The summed E-state index contributed by atoms with van der Waals surface area (Å²) in [4.78, 5) is 12.1. The number of benzene rings is 2. The number of hydrogen-bond donors (Lipinski definition) is 2. The first-order valence-corrected chi connectivity index (χ1v) is 6.90. The minimum atomic E-state index is -0.290. The van der Waals surface area contributed by atoms with Gasteiger partial charge in [0.25, 0.3) is 0 Å². The van der Waals surface area contributed by atoms with Gasteiger partial charge in [0.1, 0.15) is 6.04 Å². The summed E-state index contributed by atoms with van der Waals surface area (Å²) < 4.78 is 0. The Kier molecular flexibility index (Phi) is 4.77. The minimum Gasteiger partial charge on any atom is -0.374 e. The van der Waals surface area contributed by atoms with E-state index < -0.39 is 0 Å². The zero-order valence-electron chi connectivity index (χ0n) is 11.9. The van der Waals surface area contributed by atoms with Gasteiger partial charge >= 0.3 is 0 Å². The van der Waals surface area contributed by atoms with Gasteiger partial charge in [-0.05, 0) is 43.2 Å². The number of carbonyl (C=O) groups is 1. The lowest BCUT2D eigenvalue weighted by molar-refractivity contribution is -0.116. The summed E-state index contributed by atoms with van der Waals surface area (Å²) in [6.07, 6.45) is 0.986. The van der Waals surface area contributed by atoms with Gasteiger partial charge in [0.15, 0.2) is 0 Å². The smallest absolute Gasteiger partial charge is 0.246 e. The van der Waals surface area contributed by atoms with Gasteiger partial charge in [-0.3, -0.25) is 4.79 Å². The molecule has 0 heterocycles. The van der Waals surface area contributed by atoms with Crippen LogP contribution < -0.4 is 10.6 Å². The average molecular weight is 268 g/mol. The maximum atomic E-state index is 12.1. The van der Waals surface area contributed by atoms with E-state index in [9.17, 15) is 4.79 Å². The first-order valence-electron chi connectivity index (χ1n) is 6.90. The van der Waals surface area contributed by atoms with E-state index in [1.54, 1.807) is 0 Å². The predicted octanol–water partition coefficient (Wildman–Crippen LogP) is 3.69. The maximum absolute atomic E-state index is 12.1. The molecule has 1 amide bonds. The van der Waals surface area contributed by atoms with Gasteiger partial charge in [-0.2, -0.15) is 0 Å². The SMILES string of the molecule is CCc1cccc(N[C@H](C)C(=O)Nc2ccccc2)c1. The first kappa shape index (κ1) is 14.1. The fourth-order valence-corrected chi connectivity index (χ4v) is 1.97. The topological polar surface area (TPSA) is 41.1 Å². The molecule has 0 aliphatic heterocycles. The Bertz CT molecular complexity index is 566. The van der Waals surface area contributed by atoms with Crippen molar-refractivity contribution in [2.24, 2.45) is 0 Å². The molecule has 0 spiro atoms. The van der Waals surface area contributed by atoms with Crippen molar-refractivity contribution in [1.82, 2.24) is 0 Å². The van der Waals surface area contributed by atoms with Crippen LogP contribution in [0.15, 0.2) is 54.6 Å². The zero-order valence-corrected chi connectivity index (χ0v) is 11.9. The van der Waals surface area contributed by atoms with Crippen molar-refractivity contribution in [2.45, 2.75) is 26.3 Å². The molecule has 0 saturated carbocycles. The van der Waals surface area contributed by atoms with E-state index >= 15 is 0 Å². The van der Waals surface area contributed by atoms with Crippen LogP contribution in [0.5, 0.6) is 0 Å². The van der Waals surface area contributed by atoms with E-state index in [1.807, 2.05) is 49.4 Å². The summed E-state index contributed by atoms with van der Waals surface area (Å²) in [6, 6.07) is 17.3. The Balaban J connectivity index is 1.97. The standard InChI is InChI=1S/C17H20N2O/c1-3-14-8-7-11-16(12-14)18-13(2)17(20)19-15-9-5-4-6-10-15/h4-13,18H,3H2,1-2H3,(H,19,20)/t13-/m1/s1. The van der Waals surface area contributed by atoms with E-state index in [-0.39, 0.29) is 11.9 Å². The monoisotopic (exact) mass is 268 g/mol. The van der Waals surface area contributed by atoms with E-state index in [4.69, 9.17) is 0 Å². The second-order valence-electron chi connectivity index (χ2n) is 4.78. The lowest BCUT2D eigenvalue weighted by atomic mass is 10.1. The number of nitrogens with one attached hydrogen (secondary N) is 2. The number of amides is 1. The molecule has 0 bridgehead atoms. The molecular formula is C17H20N2O. The van der Waals surface area contributed by atoms with Crippen molar-refractivity contribution < 1.29 is 4.79 Å². The fraction of sp³-hybridized carbons (Fsp3) is 0.235. The highest BCUT2D eigenvalue weighted by atomic mass is 16.2. The molecule has 2 aromatic rings. The summed E-state index contributed by atoms with van der Waals surface area (Å²) in [7, 11) is 0. The van der Waals surface area contributed by atoms with Crippen LogP contribution in [0.3, 0.4) is 0 Å². The largest absolute Gasteiger partial charge is 0.374 e. The van der Waals surface area contributed by atoms with Gasteiger partial charge in [-0.25, -0.2) is 0 Å². The van der Waals surface area contributed by atoms with Gasteiger partial charge in [0.2, 0.25) is 5.91 Å². The van der Waals surface area contributed by atoms with Crippen molar-refractivity contribution in [3.05, 3.63) is 60.2 Å². The lowest BCUT2D eigenvalue weighted by Crippen LogP contribution is -2.31. The molecule has 0 radical (unpaired) electrons. The fourth-order valence-electron chi connectivity index (χ4n) is 1.97. The zero-order chi connectivity index (χ0) is 14.4. The number of hydrogen-bond acceptors (Lipinski definition) is 2. The highest BCUT2D eigenvalue weighted by molar-refractivity contribution is 5.96. The third-order valence-electron chi connectivity index (χ3n) is 3.15. The Labute approximate surface area is 120 Å². The quantitative estimate of drug-likeness (QED) is 0.868. The normalized spacial score (nSPS) is 11.7. The number of aryl methyl sites for hydroxylation is 1. The molecular weight excluding hydrogens is 248 g/mol. The Hall–Kier alpha value is -2.29. The van der Waals surface area contributed by atoms with Crippen LogP contribution in [0.1, 0.15) is 19.4 Å². The summed E-state index contributed by atoms with van der Waals surface area (Å²) >= 11 is 0. The van der Waals surface area contributed by atoms with Crippen LogP contribution in [-0.4, -0.2) is 11.9 Å². The summed E-state index contributed by atoms with van der Waals surface area (Å²) in [5, 5.41) is 6.11. The average Bonchev–Trinajstić information content (AvgIpc) is 2.48. The molecule has 3 nitrogen and oxygen atoms in total.